The van der Waals surface area contributed by atoms with Gasteiger partial charge in [-0.15, -0.1) is 5.10 Å². The van der Waals surface area contributed by atoms with Crippen LogP contribution in [0.4, 0.5) is 10.9 Å². The molecule has 1 aliphatic carbocycles. The first-order chi connectivity index (χ1) is 15.2. The van der Waals surface area contributed by atoms with Crippen molar-refractivity contribution in [1.82, 2.24) is 19.5 Å². The fourth-order valence-corrected chi connectivity index (χ4v) is 5.53. The van der Waals surface area contributed by atoms with Gasteiger partial charge in [0.25, 0.3) is 0 Å². The van der Waals surface area contributed by atoms with E-state index in [0.717, 1.165) is 59.8 Å². The van der Waals surface area contributed by atoms with E-state index >= 15 is 0 Å². The van der Waals surface area contributed by atoms with Crippen molar-refractivity contribution in [3.8, 4) is 11.3 Å². The van der Waals surface area contributed by atoms with Crippen molar-refractivity contribution in [1.29, 1.82) is 0 Å². The van der Waals surface area contributed by atoms with Crippen molar-refractivity contribution in [2.24, 2.45) is 0 Å². The van der Waals surface area contributed by atoms with Gasteiger partial charge in [-0.25, -0.2) is 4.98 Å². The number of anilines is 2. The summed E-state index contributed by atoms with van der Waals surface area (Å²) in [5.41, 5.74) is 2.10. The molecule has 0 bridgehead atoms. The molecule has 3 heterocycles. The van der Waals surface area contributed by atoms with Crippen LogP contribution in [0, 0.1) is 0 Å². The molecule has 2 aliphatic rings. The van der Waals surface area contributed by atoms with Crippen LogP contribution in [0.15, 0.2) is 30.3 Å². The molecule has 1 saturated carbocycles. The van der Waals surface area contributed by atoms with Crippen molar-refractivity contribution in [2.45, 2.75) is 51.5 Å². The summed E-state index contributed by atoms with van der Waals surface area (Å²) >= 11 is 1.63. The number of benzene rings is 1. The molecule has 1 aliphatic heterocycles. The quantitative estimate of drug-likeness (QED) is 0.623. The summed E-state index contributed by atoms with van der Waals surface area (Å²) in [7, 11) is 0. The van der Waals surface area contributed by atoms with Crippen LogP contribution < -0.4 is 10.2 Å². The van der Waals surface area contributed by atoms with Crippen molar-refractivity contribution < 1.29 is 4.79 Å². The smallest absolute Gasteiger partial charge is 0.222 e. The summed E-state index contributed by atoms with van der Waals surface area (Å²) in [6.45, 7) is 5.23. The molecule has 31 heavy (non-hydrogen) atoms. The Hall–Kier alpha value is -2.61. The van der Waals surface area contributed by atoms with E-state index in [4.69, 9.17) is 10.1 Å². The van der Waals surface area contributed by atoms with Gasteiger partial charge in [0.1, 0.15) is 5.69 Å². The molecule has 0 atom stereocenters. The standard InChI is InChI=1S/C23H30N6OS/c1-2-8-19(30)27-13-15-28(16-14-27)23-26-29-21(24-18-11-6-7-12-18)20(25-22(29)31-23)17-9-4-3-5-10-17/h3-5,9-10,18,24H,2,6-8,11-16H2,1H3. The van der Waals surface area contributed by atoms with E-state index in [9.17, 15) is 4.79 Å². The summed E-state index contributed by atoms with van der Waals surface area (Å²) in [6.07, 6.45) is 6.51. The molecule has 0 unspecified atom stereocenters. The normalized spacial score (nSPS) is 17.6. The first-order valence-electron chi connectivity index (χ1n) is 11.5. The summed E-state index contributed by atoms with van der Waals surface area (Å²) < 4.78 is 2.00. The van der Waals surface area contributed by atoms with Gasteiger partial charge in [-0.05, 0) is 19.3 Å². The Morgan fingerprint density at radius 1 is 1.13 bits per heavy atom. The molecule has 164 valence electrons. The highest BCUT2D eigenvalue weighted by molar-refractivity contribution is 7.20. The van der Waals surface area contributed by atoms with E-state index in [1.54, 1.807) is 11.3 Å². The number of hydrogen-bond donors (Lipinski definition) is 1. The number of carbonyl (C=O) groups excluding carboxylic acids is 1. The Morgan fingerprint density at radius 3 is 2.58 bits per heavy atom. The van der Waals surface area contributed by atoms with E-state index in [2.05, 4.69) is 41.4 Å². The van der Waals surface area contributed by atoms with Crippen LogP contribution in [0.2, 0.25) is 0 Å². The second-order valence-corrected chi connectivity index (χ2v) is 9.43. The van der Waals surface area contributed by atoms with Crippen LogP contribution in [-0.4, -0.2) is 57.6 Å². The third kappa shape index (κ3) is 4.13. The van der Waals surface area contributed by atoms with Crippen LogP contribution in [0.3, 0.4) is 0 Å². The SMILES string of the molecule is CCCC(=O)N1CCN(c2nn3c(NC4CCCC4)c(-c4ccccc4)nc3s2)CC1. The van der Waals surface area contributed by atoms with Gasteiger partial charge >= 0.3 is 0 Å². The molecule has 8 heteroatoms. The number of fused-ring (bicyclic) bond motifs is 1. The zero-order chi connectivity index (χ0) is 21.2. The average molecular weight is 439 g/mol. The number of nitrogens with one attached hydrogen (secondary N) is 1. The number of carbonyl (C=O) groups is 1. The van der Waals surface area contributed by atoms with Crippen LogP contribution in [0.25, 0.3) is 16.2 Å². The van der Waals surface area contributed by atoms with Crippen molar-refractivity contribution in [3.05, 3.63) is 30.3 Å². The van der Waals surface area contributed by atoms with E-state index < -0.39 is 0 Å². The molecule has 0 spiro atoms. The second kappa shape index (κ2) is 8.86. The second-order valence-electron chi connectivity index (χ2n) is 8.50. The summed E-state index contributed by atoms with van der Waals surface area (Å²) in [5, 5.41) is 9.71. The zero-order valence-electron chi connectivity index (χ0n) is 18.1. The van der Waals surface area contributed by atoms with E-state index in [1.807, 2.05) is 15.5 Å². The van der Waals surface area contributed by atoms with E-state index in [-0.39, 0.29) is 5.91 Å². The lowest BCUT2D eigenvalue weighted by molar-refractivity contribution is -0.131. The van der Waals surface area contributed by atoms with Gasteiger partial charge in [-0.3, -0.25) is 4.79 Å². The lowest BCUT2D eigenvalue weighted by atomic mass is 10.1. The minimum absolute atomic E-state index is 0.270. The fraction of sp³-hybridized carbons (Fsp3) is 0.522. The molecule has 1 N–H and O–H groups in total. The Labute approximate surface area is 187 Å². The molecule has 3 aromatic rings. The van der Waals surface area contributed by atoms with Crippen molar-refractivity contribution in [2.75, 3.05) is 36.4 Å². The predicted molar refractivity (Wildman–Crippen MR) is 126 cm³/mol. The first kappa shape index (κ1) is 20.3. The third-order valence-corrected chi connectivity index (χ3v) is 7.27. The number of rotatable bonds is 6. The molecule has 0 radical (unpaired) electrons. The van der Waals surface area contributed by atoms with Gasteiger partial charge in [0.05, 0.1) is 0 Å². The highest BCUT2D eigenvalue weighted by atomic mass is 32.1. The highest BCUT2D eigenvalue weighted by Gasteiger charge is 2.26. The molecule has 5 rings (SSSR count). The molecular weight excluding hydrogens is 408 g/mol. The molecule has 1 saturated heterocycles. The summed E-state index contributed by atoms with van der Waals surface area (Å²) in [5.74, 6) is 1.28. The maximum atomic E-state index is 12.2. The van der Waals surface area contributed by atoms with Gasteiger partial charge in [0.15, 0.2) is 5.82 Å². The van der Waals surface area contributed by atoms with Crippen LogP contribution in [0.1, 0.15) is 45.4 Å². The Bertz CT molecular complexity index is 1030. The fourth-order valence-electron chi connectivity index (χ4n) is 4.58. The Morgan fingerprint density at radius 2 is 1.87 bits per heavy atom. The molecule has 2 fully saturated rings. The van der Waals surface area contributed by atoms with E-state index in [1.165, 1.54) is 25.7 Å². The minimum Gasteiger partial charge on any atom is -0.365 e. The molecule has 1 aromatic carbocycles. The lowest BCUT2D eigenvalue weighted by Gasteiger charge is -2.34. The van der Waals surface area contributed by atoms with Gasteiger partial charge < -0.3 is 15.1 Å². The van der Waals surface area contributed by atoms with Gasteiger partial charge in [0, 0.05) is 44.2 Å². The Kier molecular flexibility index (Phi) is 5.80. The number of amides is 1. The monoisotopic (exact) mass is 438 g/mol. The maximum absolute atomic E-state index is 12.2. The third-order valence-electron chi connectivity index (χ3n) is 6.30. The largest absolute Gasteiger partial charge is 0.365 e. The molecule has 1 amide bonds. The molecule has 2 aromatic heterocycles. The Balaban J connectivity index is 1.41. The number of nitrogens with zero attached hydrogens (tertiary/aromatic N) is 5. The number of hydrogen-bond acceptors (Lipinski definition) is 6. The number of piperazine rings is 1. The minimum atomic E-state index is 0.270. The van der Waals surface area contributed by atoms with Gasteiger partial charge in [0.2, 0.25) is 16.0 Å². The number of imidazole rings is 1. The lowest BCUT2D eigenvalue weighted by Crippen LogP contribution is -2.48. The zero-order valence-corrected chi connectivity index (χ0v) is 18.9. The van der Waals surface area contributed by atoms with Gasteiger partial charge in [-0.1, -0.05) is 61.4 Å². The maximum Gasteiger partial charge on any atom is 0.222 e. The summed E-state index contributed by atoms with van der Waals surface area (Å²) in [4.78, 5) is 22.4. The van der Waals surface area contributed by atoms with Gasteiger partial charge in [-0.2, -0.15) is 4.52 Å². The topological polar surface area (TPSA) is 65.8 Å². The van der Waals surface area contributed by atoms with Crippen LogP contribution in [0.5, 0.6) is 0 Å². The molecule has 7 nitrogen and oxygen atoms in total. The number of aromatic nitrogens is 3. The van der Waals surface area contributed by atoms with E-state index in [0.29, 0.717) is 12.5 Å². The predicted octanol–water partition coefficient (Wildman–Crippen LogP) is 4.26. The van der Waals surface area contributed by atoms with Crippen LogP contribution >= 0.6 is 11.3 Å². The highest BCUT2D eigenvalue weighted by Crippen LogP contribution is 2.35. The van der Waals surface area contributed by atoms with Crippen molar-refractivity contribution in [3.63, 3.8) is 0 Å². The first-order valence-corrected chi connectivity index (χ1v) is 12.3. The average Bonchev–Trinajstić information content (AvgIpc) is 3.53. The van der Waals surface area contributed by atoms with Crippen LogP contribution in [-0.2, 0) is 4.79 Å². The van der Waals surface area contributed by atoms with Crippen molar-refractivity contribution >= 4 is 33.2 Å². The molecular formula is C23H30N6OS. The summed E-state index contributed by atoms with van der Waals surface area (Å²) in [6, 6.07) is 10.9.